The lowest BCUT2D eigenvalue weighted by Crippen LogP contribution is -2.08. The SMILES string of the molecule is Cc1nnc(Cl)n1-c1ccc(Cl)c(C(F)(F)F)c1. The Hall–Kier alpha value is -1.27. The van der Waals surface area contributed by atoms with E-state index < -0.39 is 11.7 Å². The molecule has 1 aromatic carbocycles. The van der Waals surface area contributed by atoms with Gasteiger partial charge in [-0.05, 0) is 36.7 Å². The standard InChI is InChI=1S/C10H6Cl2F3N3/c1-5-16-17-9(12)18(5)6-2-3-8(11)7(4-6)10(13,14)15/h2-4H,1H3. The largest absolute Gasteiger partial charge is 0.417 e. The summed E-state index contributed by atoms with van der Waals surface area (Å²) >= 11 is 11.3. The molecule has 2 rings (SSSR count). The number of aryl methyl sites for hydroxylation is 1. The fourth-order valence-corrected chi connectivity index (χ4v) is 1.98. The van der Waals surface area contributed by atoms with Crippen LogP contribution in [0, 0.1) is 6.92 Å². The van der Waals surface area contributed by atoms with Crippen LogP contribution in [0.2, 0.25) is 10.3 Å². The summed E-state index contributed by atoms with van der Waals surface area (Å²) in [4.78, 5) is 0. The van der Waals surface area contributed by atoms with Crippen LogP contribution in [-0.2, 0) is 6.18 Å². The molecular formula is C10H6Cl2F3N3. The van der Waals surface area contributed by atoms with Crippen LogP contribution >= 0.6 is 23.2 Å². The molecule has 0 saturated carbocycles. The third kappa shape index (κ3) is 2.30. The van der Waals surface area contributed by atoms with Gasteiger partial charge in [0, 0.05) is 0 Å². The zero-order valence-corrected chi connectivity index (χ0v) is 10.5. The summed E-state index contributed by atoms with van der Waals surface area (Å²) in [5, 5.41) is 6.87. The number of hydrogen-bond acceptors (Lipinski definition) is 2. The highest BCUT2D eigenvalue weighted by Gasteiger charge is 2.33. The van der Waals surface area contributed by atoms with E-state index in [2.05, 4.69) is 10.2 Å². The van der Waals surface area contributed by atoms with Crippen molar-refractivity contribution in [3.8, 4) is 5.69 Å². The van der Waals surface area contributed by atoms with Crippen LogP contribution in [0.15, 0.2) is 18.2 Å². The van der Waals surface area contributed by atoms with Gasteiger partial charge in [-0.15, -0.1) is 10.2 Å². The molecule has 0 amide bonds. The van der Waals surface area contributed by atoms with E-state index in [-0.39, 0.29) is 16.0 Å². The van der Waals surface area contributed by atoms with Crippen LogP contribution in [0.5, 0.6) is 0 Å². The average Bonchev–Trinajstić information content (AvgIpc) is 2.58. The van der Waals surface area contributed by atoms with Crippen molar-refractivity contribution < 1.29 is 13.2 Å². The molecule has 0 aliphatic carbocycles. The Morgan fingerprint density at radius 2 is 1.83 bits per heavy atom. The second kappa shape index (κ2) is 4.44. The van der Waals surface area contributed by atoms with Gasteiger partial charge in [-0.3, -0.25) is 4.57 Å². The molecule has 3 nitrogen and oxygen atoms in total. The van der Waals surface area contributed by atoms with Gasteiger partial charge in [0.15, 0.2) is 0 Å². The van der Waals surface area contributed by atoms with Gasteiger partial charge < -0.3 is 0 Å². The van der Waals surface area contributed by atoms with E-state index in [4.69, 9.17) is 23.2 Å². The topological polar surface area (TPSA) is 30.7 Å². The Kier molecular flexibility index (Phi) is 3.25. The van der Waals surface area contributed by atoms with E-state index in [9.17, 15) is 13.2 Å². The molecule has 0 atom stereocenters. The zero-order chi connectivity index (χ0) is 13.5. The summed E-state index contributed by atoms with van der Waals surface area (Å²) in [6.45, 7) is 1.58. The summed E-state index contributed by atoms with van der Waals surface area (Å²) in [6, 6.07) is 3.49. The van der Waals surface area contributed by atoms with E-state index in [0.717, 1.165) is 12.1 Å². The first kappa shape index (κ1) is 13.2. The third-order valence-electron chi connectivity index (χ3n) is 2.30. The smallest absolute Gasteiger partial charge is 0.270 e. The minimum absolute atomic E-state index is 0.0112. The maximum Gasteiger partial charge on any atom is 0.417 e. The van der Waals surface area contributed by atoms with E-state index in [1.54, 1.807) is 6.92 Å². The molecule has 18 heavy (non-hydrogen) atoms. The molecule has 1 aromatic heterocycles. The molecule has 1 heterocycles. The third-order valence-corrected chi connectivity index (χ3v) is 2.87. The number of benzene rings is 1. The first-order valence-electron chi connectivity index (χ1n) is 4.75. The van der Waals surface area contributed by atoms with E-state index in [1.807, 2.05) is 0 Å². The van der Waals surface area contributed by atoms with Crippen molar-refractivity contribution in [1.82, 2.24) is 14.8 Å². The summed E-state index contributed by atoms with van der Waals surface area (Å²) in [5.41, 5.74) is -0.718. The number of alkyl halides is 3. The van der Waals surface area contributed by atoms with Crippen LogP contribution in [0.1, 0.15) is 11.4 Å². The van der Waals surface area contributed by atoms with Gasteiger partial charge in [0.25, 0.3) is 0 Å². The van der Waals surface area contributed by atoms with Crippen LogP contribution in [-0.4, -0.2) is 14.8 Å². The van der Waals surface area contributed by atoms with Gasteiger partial charge in [0.1, 0.15) is 5.82 Å². The lowest BCUT2D eigenvalue weighted by atomic mass is 10.2. The Morgan fingerprint density at radius 3 is 2.33 bits per heavy atom. The first-order valence-corrected chi connectivity index (χ1v) is 5.51. The van der Waals surface area contributed by atoms with Crippen LogP contribution in [0.3, 0.4) is 0 Å². The molecule has 0 saturated heterocycles. The molecule has 0 fully saturated rings. The minimum atomic E-state index is -4.53. The molecular weight excluding hydrogens is 290 g/mol. The van der Waals surface area contributed by atoms with Crippen LogP contribution in [0.25, 0.3) is 5.69 Å². The summed E-state index contributed by atoms with van der Waals surface area (Å²) in [6.07, 6.45) is -4.53. The fraction of sp³-hybridized carbons (Fsp3) is 0.200. The van der Waals surface area contributed by atoms with Crippen molar-refractivity contribution in [2.24, 2.45) is 0 Å². The second-order valence-electron chi connectivity index (χ2n) is 3.51. The predicted octanol–water partition coefficient (Wildman–Crippen LogP) is 3.90. The van der Waals surface area contributed by atoms with Gasteiger partial charge in [0.05, 0.1) is 16.3 Å². The van der Waals surface area contributed by atoms with Gasteiger partial charge >= 0.3 is 6.18 Å². The summed E-state index contributed by atoms with van der Waals surface area (Å²) in [5.74, 6) is 0.385. The monoisotopic (exact) mass is 295 g/mol. The van der Waals surface area contributed by atoms with Crippen molar-refractivity contribution in [2.75, 3.05) is 0 Å². The molecule has 0 N–H and O–H groups in total. The Bertz CT molecular complexity index is 573. The average molecular weight is 296 g/mol. The van der Waals surface area contributed by atoms with Crippen molar-refractivity contribution >= 4 is 23.2 Å². The van der Waals surface area contributed by atoms with Gasteiger partial charge in [-0.1, -0.05) is 11.6 Å². The van der Waals surface area contributed by atoms with Crippen LogP contribution in [0.4, 0.5) is 13.2 Å². The highest BCUT2D eigenvalue weighted by atomic mass is 35.5. The normalized spacial score (nSPS) is 11.9. The molecule has 0 bridgehead atoms. The van der Waals surface area contributed by atoms with Crippen LogP contribution < -0.4 is 0 Å². The highest BCUT2D eigenvalue weighted by molar-refractivity contribution is 6.31. The molecule has 96 valence electrons. The quantitative estimate of drug-likeness (QED) is 0.799. The van der Waals surface area contributed by atoms with E-state index >= 15 is 0 Å². The summed E-state index contributed by atoms with van der Waals surface area (Å²) in [7, 11) is 0. The number of aromatic nitrogens is 3. The number of nitrogens with zero attached hydrogens (tertiary/aromatic N) is 3. The Labute approximate surface area is 110 Å². The van der Waals surface area contributed by atoms with Gasteiger partial charge in [-0.2, -0.15) is 13.2 Å². The highest BCUT2D eigenvalue weighted by Crippen LogP contribution is 2.36. The molecule has 0 aliphatic rings. The lowest BCUT2D eigenvalue weighted by Gasteiger charge is -2.12. The van der Waals surface area contributed by atoms with E-state index in [0.29, 0.717) is 5.82 Å². The first-order chi connectivity index (χ1) is 8.30. The predicted molar refractivity (Wildman–Crippen MR) is 61.1 cm³/mol. The molecule has 0 unspecified atom stereocenters. The lowest BCUT2D eigenvalue weighted by molar-refractivity contribution is -0.137. The minimum Gasteiger partial charge on any atom is -0.270 e. The van der Waals surface area contributed by atoms with E-state index in [1.165, 1.54) is 10.6 Å². The van der Waals surface area contributed by atoms with Gasteiger partial charge in [-0.25, -0.2) is 0 Å². The maximum absolute atomic E-state index is 12.7. The molecule has 0 spiro atoms. The fourth-order valence-electron chi connectivity index (χ4n) is 1.50. The molecule has 0 aliphatic heterocycles. The Morgan fingerprint density at radius 1 is 1.17 bits per heavy atom. The van der Waals surface area contributed by atoms with Crippen molar-refractivity contribution in [3.63, 3.8) is 0 Å². The second-order valence-corrected chi connectivity index (χ2v) is 4.26. The summed E-state index contributed by atoms with van der Waals surface area (Å²) < 4.78 is 39.4. The number of halogens is 5. The van der Waals surface area contributed by atoms with Crippen molar-refractivity contribution in [1.29, 1.82) is 0 Å². The molecule has 0 radical (unpaired) electrons. The number of rotatable bonds is 1. The molecule has 8 heteroatoms. The Balaban J connectivity index is 2.62. The zero-order valence-electron chi connectivity index (χ0n) is 8.96. The molecule has 2 aromatic rings. The van der Waals surface area contributed by atoms with Crippen molar-refractivity contribution in [2.45, 2.75) is 13.1 Å². The number of hydrogen-bond donors (Lipinski definition) is 0. The maximum atomic E-state index is 12.7. The van der Waals surface area contributed by atoms with Gasteiger partial charge in [0.2, 0.25) is 5.28 Å². The van der Waals surface area contributed by atoms with Crippen molar-refractivity contribution in [3.05, 3.63) is 39.9 Å².